The Hall–Kier alpha value is -1.85. The fraction of sp³-hybridized carbons (Fsp3) is 0.429. The lowest BCUT2D eigenvalue weighted by Crippen LogP contribution is -2.20. The van der Waals surface area contributed by atoms with Crippen LogP contribution < -0.4 is 5.32 Å². The minimum absolute atomic E-state index is 0.0214. The zero-order valence-electron chi connectivity index (χ0n) is 12.1. The third-order valence-corrected chi connectivity index (χ3v) is 6.00. The monoisotopic (exact) mass is 362 g/mol. The lowest BCUT2D eigenvalue weighted by atomic mass is 10.3. The number of amides is 1. The van der Waals surface area contributed by atoms with Crippen LogP contribution >= 0.6 is 11.6 Å². The quantitative estimate of drug-likeness (QED) is 0.634. The minimum Gasteiger partial charge on any atom is -0.465 e. The maximum Gasteiger partial charge on any atom is 0.405 e. The van der Waals surface area contributed by atoms with Gasteiger partial charge in [0, 0.05) is 0 Å². The highest BCUT2D eigenvalue weighted by atomic mass is 35.5. The number of carboxylic acid groups (broad SMARTS) is 1. The predicted molar refractivity (Wildman–Crippen MR) is 82.5 cm³/mol. The number of nitrogens with one attached hydrogen (secondary N) is 1. The summed E-state index contributed by atoms with van der Waals surface area (Å²) in [7, 11) is -3.38. The fourth-order valence-electron chi connectivity index (χ4n) is 2.20. The number of nitriles is 1. The van der Waals surface area contributed by atoms with Gasteiger partial charge in [0.15, 0.2) is 9.84 Å². The molecule has 1 aliphatic carbocycles. The zero-order chi connectivity index (χ0) is 17.5. The molecule has 2 rings (SSSR count). The molecule has 1 fully saturated rings. The highest BCUT2D eigenvalue weighted by Gasteiger charge is 2.31. The first-order valence-electron chi connectivity index (χ1n) is 6.81. The largest absolute Gasteiger partial charge is 0.465 e. The molecule has 0 aliphatic heterocycles. The Morgan fingerprint density at radius 2 is 2.04 bits per heavy atom. The first kappa shape index (κ1) is 19.2. The van der Waals surface area contributed by atoms with E-state index in [0.29, 0.717) is 12.8 Å². The molecule has 0 aromatic heterocycles. The van der Waals surface area contributed by atoms with E-state index in [0.717, 1.165) is 25.0 Å². The van der Waals surface area contributed by atoms with Crippen LogP contribution in [0.3, 0.4) is 0 Å². The number of hydrogen-bond donors (Lipinski definition) is 2. The molecule has 2 N–H and O–H groups in total. The van der Waals surface area contributed by atoms with Crippen molar-refractivity contribution in [1.29, 1.82) is 5.26 Å². The minimum atomic E-state index is -3.38. The zero-order valence-corrected chi connectivity index (χ0v) is 13.7. The van der Waals surface area contributed by atoms with Crippen LogP contribution in [0.1, 0.15) is 25.7 Å². The van der Waals surface area contributed by atoms with Crippen molar-refractivity contribution in [2.75, 3.05) is 6.54 Å². The van der Waals surface area contributed by atoms with E-state index in [9.17, 15) is 17.6 Å². The van der Waals surface area contributed by atoms with Crippen molar-refractivity contribution in [2.24, 2.45) is 0 Å². The Bertz CT molecular complexity index is 697. The molecule has 0 unspecified atom stereocenters. The van der Waals surface area contributed by atoms with E-state index >= 15 is 0 Å². The molecule has 1 aromatic rings. The van der Waals surface area contributed by atoms with Crippen LogP contribution in [0, 0.1) is 17.1 Å². The second-order valence-electron chi connectivity index (χ2n) is 4.84. The van der Waals surface area contributed by atoms with Crippen LogP contribution in [0.25, 0.3) is 0 Å². The summed E-state index contributed by atoms with van der Waals surface area (Å²) in [4.78, 5) is 9.55. The maximum absolute atomic E-state index is 12.8. The molecule has 9 heteroatoms. The van der Waals surface area contributed by atoms with Crippen molar-refractivity contribution in [3.05, 3.63) is 29.0 Å². The van der Waals surface area contributed by atoms with E-state index in [1.165, 1.54) is 6.07 Å². The maximum atomic E-state index is 12.8. The van der Waals surface area contributed by atoms with Gasteiger partial charge in [-0.15, -0.1) is 0 Å². The van der Waals surface area contributed by atoms with E-state index in [4.69, 9.17) is 22.0 Å². The fourth-order valence-corrected chi connectivity index (χ4v) is 4.59. The lowest BCUT2D eigenvalue weighted by molar-refractivity contribution is 0.196. The Morgan fingerprint density at radius 1 is 1.43 bits per heavy atom. The van der Waals surface area contributed by atoms with E-state index in [1.807, 2.05) is 5.32 Å². The van der Waals surface area contributed by atoms with Crippen molar-refractivity contribution >= 4 is 27.5 Å². The molecular weight excluding hydrogens is 347 g/mol. The lowest BCUT2D eigenvalue weighted by Gasteiger charge is -2.12. The summed E-state index contributed by atoms with van der Waals surface area (Å²) in [6.07, 6.45) is 2.05. The summed E-state index contributed by atoms with van der Waals surface area (Å²) >= 11 is 5.77. The highest BCUT2D eigenvalue weighted by Crippen LogP contribution is 2.33. The summed E-state index contributed by atoms with van der Waals surface area (Å²) < 4.78 is 37.2. The van der Waals surface area contributed by atoms with Gasteiger partial charge in [0.1, 0.15) is 12.4 Å². The first-order valence-corrected chi connectivity index (χ1v) is 8.74. The number of benzene rings is 1. The van der Waals surface area contributed by atoms with E-state index in [1.54, 1.807) is 6.07 Å². The molecule has 1 saturated carbocycles. The number of carbonyl (C=O) groups is 1. The molecule has 0 heterocycles. The topological polar surface area (TPSA) is 107 Å². The van der Waals surface area contributed by atoms with Crippen LogP contribution in [0.5, 0.6) is 0 Å². The van der Waals surface area contributed by atoms with Crippen molar-refractivity contribution < 1.29 is 22.7 Å². The van der Waals surface area contributed by atoms with Crippen LogP contribution in [-0.4, -0.2) is 31.4 Å². The smallest absolute Gasteiger partial charge is 0.405 e. The molecule has 0 radical (unpaired) electrons. The van der Waals surface area contributed by atoms with Crippen molar-refractivity contribution in [3.63, 3.8) is 0 Å². The summed E-state index contributed by atoms with van der Waals surface area (Å²) in [5.74, 6) is -0.518. The SMILES string of the molecule is N#CCNC(=O)O.O=S(=O)(c1ccc(F)cc1Cl)C1CCCC1. The van der Waals surface area contributed by atoms with E-state index in [-0.39, 0.29) is 21.7 Å². The van der Waals surface area contributed by atoms with Crippen LogP contribution in [0.15, 0.2) is 23.1 Å². The summed E-state index contributed by atoms with van der Waals surface area (Å²) in [5.41, 5.74) is 0. The number of nitrogens with zero attached hydrogens (tertiary/aromatic N) is 1. The van der Waals surface area contributed by atoms with Gasteiger partial charge in [-0.3, -0.25) is 0 Å². The molecule has 0 spiro atoms. The van der Waals surface area contributed by atoms with Crippen LogP contribution in [-0.2, 0) is 9.84 Å². The van der Waals surface area contributed by atoms with Gasteiger partial charge < -0.3 is 10.4 Å². The second kappa shape index (κ2) is 8.70. The van der Waals surface area contributed by atoms with Crippen LogP contribution in [0.4, 0.5) is 9.18 Å². The van der Waals surface area contributed by atoms with Crippen LogP contribution in [0.2, 0.25) is 5.02 Å². The Balaban J connectivity index is 0.000000322. The van der Waals surface area contributed by atoms with Gasteiger partial charge >= 0.3 is 6.09 Å². The number of sulfone groups is 1. The average molecular weight is 363 g/mol. The number of halogens is 2. The Morgan fingerprint density at radius 3 is 2.48 bits per heavy atom. The van der Waals surface area contributed by atoms with E-state index in [2.05, 4.69) is 0 Å². The standard InChI is InChI=1S/C11H12ClFO2S.C3H4N2O2/c12-10-7-8(13)5-6-11(10)16(14,15)9-3-1-2-4-9;4-1-2-5-3(6)7/h5-7,9H,1-4H2;5H,2H2,(H,6,7). The Kier molecular flexibility index (Phi) is 7.26. The molecule has 0 bridgehead atoms. The third-order valence-electron chi connectivity index (χ3n) is 3.26. The molecule has 1 amide bonds. The molecule has 1 aliphatic rings. The van der Waals surface area contributed by atoms with Crippen molar-refractivity contribution in [3.8, 4) is 6.07 Å². The normalized spacial score (nSPS) is 14.5. The van der Waals surface area contributed by atoms with Gasteiger partial charge in [0.05, 0.1) is 21.2 Å². The van der Waals surface area contributed by atoms with Gasteiger partial charge in [-0.05, 0) is 31.0 Å². The second-order valence-corrected chi connectivity index (χ2v) is 7.45. The third kappa shape index (κ3) is 5.69. The molecule has 6 nitrogen and oxygen atoms in total. The molecule has 0 atom stereocenters. The number of rotatable bonds is 3. The average Bonchev–Trinajstić information content (AvgIpc) is 3.00. The molecule has 1 aromatic carbocycles. The highest BCUT2D eigenvalue weighted by molar-refractivity contribution is 7.92. The first-order chi connectivity index (χ1) is 10.8. The van der Waals surface area contributed by atoms with Gasteiger partial charge in [0.25, 0.3) is 0 Å². The molecule has 126 valence electrons. The van der Waals surface area contributed by atoms with Gasteiger partial charge in [-0.1, -0.05) is 24.4 Å². The summed E-state index contributed by atoms with van der Waals surface area (Å²) in [6.45, 7) is -0.144. The molecule has 23 heavy (non-hydrogen) atoms. The molecular formula is C14H16ClFN2O4S. The summed E-state index contributed by atoms with van der Waals surface area (Å²) in [5, 5.41) is 17.0. The number of hydrogen-bond acceptors (Lipinski definition) is 4. The van der Waals surface area contributed by atoms with Crippen molar-refractivity contribution in [1.82, 2.24) is 5.32 Å². The van der Waals surface area contributed by atoms with Gasteiger partial charge in [-0.2, -0.15) is 5.26 Å². The van der Waals surface area contributed by atoms with Gasteiger partial charge in [-0.25, -0.2) is 17.6 Å². The predicted octanol–water partition coefficient (Wildman–Crippen LogP) is 2.97. The summed E-state index contributed by atoms with van der Waals surface area (Å²) in [6, 6.07) is 5.04. The van der Waals surface area contributed by atoms with Gasteiger partial charge in [0.2, 0.25) is 0 Å². The Labute approximate surface area is 138 Å². The van der Waals surface area contributed by atoms with E-state index < -0.39 is 21.7 Å². The molecule has 0 saturated heterocycles. The van der Waals surface area contributed by atoms with Crippen molar-refractivity contribution in [2.45, 2.75) is 35.8 Å².